The fourth-order valence-electron chi connectivity index (χ4n) is 2.72. The molecule has 0 amide bonds. The number of aryl methyl sites for hydroxylation is 1. The lowest BCUT2D eigenvalue weighted by Crippen LogP contribution is -2.45. The molecule has 1 aromatic rings. The minimum absolute atomic E-state index is 0.0190. The summed E-state index contributed by atoms with van der Waals surface area (Å²) in [4.78, 5) is 28.8. The zero-order valence-electron chi connectivity index (χ0n) is 17.7. The summed E-state index contributed by atoms with van der Waals surface area (Å²) in [6.07, 6.45) is 0.297. The lowest BCUT2D eigenvalue weighted by molar-refractivity contribution is -0.387. The summed E-state index contributed by atoms with van der Waals surface area (Å²) in [7, 11) is -0.496. The van der Waals surface area contributed by atoms with Gasteiger partial charge in [-0.2, -0.15) is 0 Å². The van der Waals surface area contributed by atoms with Gasteiger partial charge in [0.05, 0.1) is 31.2 Å². The molecule has 0 N–H and O–H groups in total. The predicted octanol–water partition coefficient (Wildman–Crippen LogP) is 3.87. The Kier molecular flexibility index (Phi) is 6.52. The van der Waals surface area contributed by atoms with Crippen LogP contribution in [-0.2, 0) is 9.22 Å². The number of nitrogens with zero attached hydrogens (tertiary/aromatic N) is 2. The second-order valence-corrected chi connectivity index (χ2v) is 13.5. The van der Waals surface area contributed by atoms with Crippen molar-refractivity contribution in [3.8, 4) is 11.5 Å². The summed E-state index contributed by atoms with van der Waals surface area (Å²) in [5.74, 6) is 0.560. The van der Waals surface area contributed by atoms with Crippen LogP contribution < -0.4 is 9.57 Å². The van der Waals surface area contributed by atoms with Gasteiger partial charge in [0.15, 0.2) is 14.1 Å². The Bertz CT molecular complexity index is 760. The zero-order valence-corrected chi connectivity index (χ0v) is 18.7. The molecule has 1 aliphatic rings. The number of hydrogen-bond donors (Lipinski definition) is 0. The molecule has 0 aliphatic carbocycles. The van der Waals surface area contributed by atoms with Gasteiger partial charge in [-0.05, 0) is 30.6 Å². The highest BCUT2D eigenvalue weighted by molar-refractivity contribution is 6.74. The molecule has 0 bridgehead atoms. The second-order valence-electron chi connectivity index (χ2n) is 8.68. The molecule has 28 heavy (non-hydrogen) atoms. The summed E-state index contributed by atoms with van der Waals surface area (Å²) in [5.41, 5.74) is 0.471. The van der Waals surface area contributed by atoms with Crippen molar-refractivity contribution < 1.29 is 23.7 Å². The van der Waals surface area contributed by atoms with Crippen LogP contribution >= 0.6 is 0 Å². The summed E-state index contributed by atoms with van der Waals surface area (Å²) in [5, 5.41) is 13.0. The molecule has 1 aromatic carbocycles. The fourth-order valence-corrected chi connectivity index (χ4v) is 3.76. The minimum Gasteiger partial charge on any atom is -0.496 e. The molecule has 8 nitrogen and oxygen atoms in total. The van der Waals surface area contributed by atoms with Gasteiger partial charge in [-0.3, -0.25) is 14.9 Å². The molecule has 9 heteroatoms. The predicted molar refractivity (Wildman–Crippen MR) is 108 cm³/mol. The van der Waals surface area contributed by atoms with Crippen LogP contribution in [-0.4, -0.2) is 50.4 Å². The number of nitro benzene ring substituents is 1. The van der Waals surface area contributed by atoms with Crippen LogP contribution in [0.2, 0.25) is 18.1 Å². The molecule has 0 unspecified atom stereocenters. The number of carbonyl (C=O) groups is 1. The second kappa shape index (κ2) is 8.18. The summed E-state index contributed by atoms with van der Waals surface area (Å²) >= 11 is 0. The molecule has 1 aliphatic heterocycles. The van der Waals surface area contributed by atoms with Crippen molar-refractivity contribution in [2.24, 2.45) is 0 Å². The van der Waals surface area contributed by atoms with Gasteiger partial charge in [0.2, 0.25) is 5.75 Å². The number of hydrogen-bond acceptors (Lipinski definition) is 7. The van der Waals surface area contributed by atoms with Crippen molar-refractivity contribution in [1.82, 2.24) is 5.06 Å². The lowest BCUT2D eigenvalue weighted by atomic mass is 10.2. The SMILES string of the molecule is COc1cc(ON2CC(=O)C[C@H]2CO[Si](C)(C)C(C)(C)C)c([N+](=O)[O-])cc1C. The van der Waals surface area contributed by atoms with Gasteiger partial charge in [0.25, 0.3) is 0 Å². The maximum atomic E-state index is 12.0. The average Bonchev–Trinajstić information content (AvgIpc) is 2.92. The number of Topliss-reactive ketones (excluding diaryl/α,β-unsaturated/α-hetero) is 1. The van der Waals surface area contributed by atoms with Gasteiger partial charge in [-0.1, -0.05) is 20.8 Å². The van der Waals surface area contributed by atoms with Crippen LogP contribution in [0.25, 0.3) is 0 Å². The van der Waals surface area contributed by atoms with E-state index in [1.54, 1.807) is 6.92 Å². The average molecular weight is 411 g/mol. The summed E-state index contributed by atoms with van der Waals surface area (Å²) in [6.45, 7) is 12.9. The molecule has 1 heterocycles. The molecule has 1 saturated heterocycles. The Hall–Kier alpha value is -1.97. The van der Waals surface area contributed by atoms with E-state index < -0.39 is 13.2 Å². The topological polar surface area (TPSA) is 91.1 Å². The van der Waals surface area contributed by atoms with E-state index in [9.17, 15) is 14.9 Å². The molecule has 1 fully saturated rings. The normalized spacial score (nSPS) is 18.4. The van der Waals surface area contributed by atoms with Gasteiger partial charge in [-0.25, -0.2) is 0 Å². The van der Waals surface area contributed by atoms with Crippen molar-refractivity contribution in [3.05, 3.63) is 27.8 Å². The summed E-state index contributed by atoms with van der Waals surface area (Å²) < 4.78 is 11.5. The Morgan fingerprint density at radius 1 is 1.29 bits per heavy atom. The van der Waals surface area contributed by atoms with E-state index in [1.807, 2.05) is 0 Å². The van der Waals surface area contributed by atoms with Crippen LogP contribution in [0, 0.1) is 17.0 Å². The first-order valence-electron chi connectivity index (χ1n) is 9.29. The molecule has 0 aromatic heterocycles. The number of rotatable bonds is 7. The van der Waals surface area contributed by atoms with Crippen molar-refractivity contribution in [3.63, 3.8) is 0 Å². The maximum absolute atomic E-state index is 12.0. The van der Waals surface area contributed by atoms with E-state index in [4.69, 9.17) is 14.0 Å². The smallest absolute Gasteiger partial charge is 0.314 e. The van der Waals surface area contributed by atoms with E-state index in [0.29, 0.717) is 24.3 Å². The van der Waals surface area contributed by atoms with Crippen LogP contribution in [0.1, 0.15) is 32.8 Å². The third-order valence-corrected chi connectivity index (χ3v) is 10.0. The van der Waals surface area contributed by atoms with Crippen LogP contribution in [0.15, 0.2) is 12.1 Å². The van der Waals surface area contributed by atoms with Gasteiger partial charge in [0, 0.05) is 18.6 Å². The zero-order chi connectivity index (χ0) is 21.3. The monoisotopic (exact) mass is 410 g/mol. The molecule has 156 valence electrons. The largest absolute Gasteiger partial charge is 0.496 e. The minimum atomic E-state index is -1.99. The van der Waals surface area contributed by atoms with Crippen LogP contribution in [0.5, 0.6) is 11.5 Å². The first kappa shape index (κ1) is 22.3. The quantitative estimate of drug-likeness (QED) is 0.383. The number of methoxy groups -OCH3 is 1. The number of nitro groups is 1. The van der Waals surface area contributed by atoms with E-state index in [2.05, 4.69) is 33.9 Å². The van der Waals surface area contributed by atoms with Crippen LogP contribution in [0.3, 0.4) is 0 Å². The number of hydroxylamine groups is 2. The first-order valence-corrected chi connectivity index (χ1v) is 12.2. The Morgan fingerprint density at radius 2 is 1.93 bits per heavy atom. The van der Waals surface area contributed by atoms with Crippen molar-refractivity contribution >= 4 is 19.8 Å². The Labute approximate surface area is 167 Å². The van der Waals surface area contributed by atoms with Crippen molar-refractivity contribution in [2.45, 2.75) is 58.3 Å². The Balaban J connectivity index is 2.22. The molecule has 0 saturated carbocycles. The number of carbonyl (C=O) groups excluding carboxylic acids is 1. The van der Waals surface area contributed by atoms with E-state index >= 15 is 0 Å². The van der Waals surface area contributed by atoms with Gasteiger partial charge >= 0.3 is 5.69 Å². The van der Waals surface area contributed by atoms with Crippen LogP contribution in [0.4, 0.5) is 5.69 Å². The van der Waals surface area contributed by atoms with Gasteiger partial charge in [0.1, 0.15) is 5.75 Å². The number of ketones is 1. The third-order valence-electron chi connectivity index (χ3n) is 5.53. The molecular formula is C19H30N2O6Si. The highest BCUT2D eigenvalue weighted by atomic mass is 28.4. The molecule has 2 rings (SSSR count). The molecule has 0 spiro atoms. The van der Waals surface area contributed by atoms with Gasteiger partial charge in [-0.15, -0.1) is 5.06 Å². The Morgan fingerprint density at radius 3 is 2.46 bits per heavy atom. The van der Waals surface area contributed by atoms with Crippen molar-refractivity contribution in [1.29, 1.82) is 0 Å². The number of benzene rings is 1. The van der Waals surface area contributed by atoms with Crippen molar-refractivity contribution in [2.75, 3.05) is 20.3 Å². The van der Waals surface area contributed by atoms with E-state index in [-0.39, 0.29) is 34.8 Å². The third kappa shape index (κ3) is 4.89. The van der Waals surface area contributed by atoms with Gasteiger partial charge < -0.3 is 14.0 Å². The molecule has 0 radical (unpaired) electrons. The van der Waals surface area contributed by atoms with E-state index in [0.717, 1.165) is 0 Å². The highest BCUT2D eigenvalue weighted by Gasteiger charge is 2.40. The fraction of sp³-hybridized carbons (Fsp3) is 0.632. The summed E-state index contributed by atoms with van der Waals surface area (Å²) in [6, 6.07) is 2.61. The lowest BCUT2D eigenvalue weighted by Gasteiger charge is -2.37. The van der Waals surface area contributed by atoms with E-state index in [1.165, 1.54) is 24.3 Å². The maximum Gasteiger partial charge on any atom is 0.314 e. The molecule has 1 atom stereocenters. The highest BCUT2D eigenvalue weighted by Crippen LogP contribution is 2.38. The first-order chi connectivity index (χ1) is 12.9. The molecular weight excluding hydrogens is 380 g/mol. The standard InChI is InChI=1S/C19H30N2O6Si/c1-13-8-16(21(23)24)18(10-17(13)25-5)27-20-11-15(22)9-14(20)12-26-28(6,7)19(2,3)4/h8,10,14H,9,11-12H2,1-7H3/t14-/m0/s1. The number of ether oxygens (including phenoxy) is 1.